The van der Waals surface area contributed by atoms with Gasteiger partial charge in [0.15, 0.2) is 6.61 Å². The molecule has 0 saturated heterocycles. The number of ether oxygens (including phenoxy) is 1. The van der Waals surface area contributed by atoms with Crippen LogP contribution in [0.5, 0.6) is 5.75 Å². The third kappa shape index (κ3) is 4.09. The zero-order valence-electron chi connectivity index (χ0n) is 12.5. The van der Waals surface area contributed by atoms with E-state index in [2.05, 4.69) is 20.9 Å². The zero-order chi connectivity index (χ0) is 16.2. The molecule has 0 aliphatic heterocycles. The highest BCUT2D eigenvalue weighted by Crippen LogP contribution is 2.22. The Morgan fingerprint density at radius 2 is 2.09 bits per heavy atom. The van der Waals surface area contributed by atoms with E-state index in [0.717, 1.165) is 19.7 Å². The van der Waals surface area contributed by atoms with E-state index < -0.39 is 0 Å². The summed E-state index contributed by atoms with van der Waals surface area (Å²) in [5.41, 5.74) is 0.971. The highest BCUT2D eigenvalue weighted by Gasteiger charge is 2.13. The maximum atomic E-state index is 12.2. The van der Waals surface area contributed by atoms with Crippen LogP contribution >= 0.6 is 27.3 Å². The molecule has 0 N–H and O–H groups in total. The van der Waals surface area contributed by atoms with E-state index in [9.17, 15) is 4.79 Å². The molecule has 0 spiro atoms. The summed E-state index contributed by atoms with van der Waals surface area (Å²) in [5, 5.41) is 0.921. The van der Waals surface area contributed by atoms with Crippen molar-refractivity contribution in [3.63, 3.8) is 0 Å². The summed E-state index contributed by atoms with van der Waals surface area (Å²) in [5.74, 6) is 0.588. The normalized spacial score (nSPS) is 10.7. The lowest BCUT2D eigenvalue weighted by atomic mass is 10.3. The molecule has 0 fully saturated rings. The van der Waals surface area contributed by atoms with Gasteiger partial charge >= 0.3 is 0 Å². The minimum absolute atomic E-state index is 0.0118. The van der Waals surface area contributed by atoms with Crippen LogP contribution in [0.15, 0.2) is 53.0 Å². The highest BCUT2D eigenvalue weighted by atomic mass is 79.9. The number of thiazole rings is 1. The summed E-state index contributed by atoms with van der Waals surface area (Å²) in [6, 6.07) is 15.4. The molecule has 23 heavy (non-hydrogen) atoms. The van der Waals surface area contributed by atoms with Gasteiger partial charge in [0, 0.05) is 11.5 Å². The van der Waals surface area contributed by atoms with Gasteiger partial charge in [-0.1, -0.05) is 34.1 Å². The third-order valence-corrected chi connectivity index (χ3v) is 4.81. The standard InChI is InChI=1S/C17H15BrN2O2S/c1-20(10-16-19-14-7-2-3-8-15(14)23-16)17(21)11-22-13-6-4-5-12(18)9-13/h2-9H,10-11H2,1H3. The molecule has 1 aromatic heterocycles. The Kier molecular flexibility index (Phi) is 4.93. The number of carbonyl (C=O) groups is 1. The van der Waals surface area contributed by atoms with Crippen molar-refractivity contribution < 1.29 is 9.53 Å². The van der Waals surface area contributed by atoms with Crippen molar-refractivity contribution in [1.29, 1.82) is 0 Å². The Balaban J connectivity index is 1.58. The molecule has 0 atom stereocenters. The van der Waals surface area contributed by atoms with Crippen molar-refractivity contribution >= 4 is 43.4 Å². The lowest BCUT2D eigenvalue weighted by Crippen LogP contribution is -2.30. The number of aromatic nitrogens is 1. The maximum Gasteiger partial charge on any atom is 0.260 e. The number of fused-ring (bicyclic) bond motifs is 1. The average Bonchev–Trinajstić information content (AvgIpc) is 2.94. The number of halogens is 1. The van der Waals surface area contributed by atoms with E-state index in [0.29, 0.717) is 12.3 Å². The summed E-state index contributed by atoms with van der Waals surface area (Å²) in [7, 11) is 1.76. The minimum Gasteiger partial charge on any atom is -0.484 e. The molecule has 0 radical (unpaired) electrons. The molecule has 0 saturated carbocycles. The predicted octanol–water partition coefficient (Wildman–Crippen LogP) is 4.10. The molecular formula is C17H15BrN2O2S. The van der Waals surface area contributed by atoms with E-state index in [1.807, 2.05) is 48.5 Å². The first-order valence-electron chi connectivity index (χ1n) is 7.08. The Morgan fingerprint density at radius 1 is 1.26 bits per heavy atom. The van der Waals surface area contributed by atoms with Gasteiger partial charge in [0.25, 0.3) is 5.91 Å². The first-order valence-corrected chi connectivity index (χ1v) is 8.69. The minimum atomic E-state index is -0.0794. The van der Waals surface area contributed by atoms with Gasteiger partial charge in [-0.3, -0.25) is 4.79 Å². The van der Waals surface area contributed by atoms with Crippen LogP contribution in [0.1, 0.15) is 5.01 Å². The van der Waals surface area contributed by atoms with Crippen LogP contribution in [0.4, 0.5) is 0 Å². The number of para-hydroxylation sites is 1. The van der Waals surface area contributed by atoms with Gasteiger partial charge in [-0.25, -0.2) is 4.98 Å². The predicted molar refractivity (Wildman–Crippen MR) is 95.7 cm³/mol. The van der Waals surface area contributed by atoms with Crippen molar-refractivity contribution in [2.75, 3.05) is 13.7 Å². The number of benzene rings is 2. The third-order valence-electron chi connectivity index (χ3n) is 3.29. The summed E-state index contributed by atoms with van der Waals surface area (Å²) in [6.07, 6.45) is 0. The van der Waals surface area contributed by atoms with E-state index >= 15 is 0 Å². The smallest absolute Gasteiger partial charge is 0.260 e. The van der Waals surface area contributed by atoms with Crippen LogP contribution in [-0.4, -0.2) is 29.4 Å². The van der Waals surface area contributed by atoms with Crippen LogP contribution in [0.2, 0.25) is 0 Å². The Hall–Kier alpha value is -1.92. The number of rotatable bonds is 5. The van der Waals surface area contributed by atoms with Gasteiger partial charge in [0.05, 0.1) is 16.8 Å². The first kappa shape index (κ1) is 16.0. The zero-order valence-corrected chi connectivity index (χ0v) is 14.9. The summed E-state index contributed by atoms with van der Waals surface area (Å²) < 4.78 is 7.58. The summed E-state index contributed by atoms with van der Waals surface area (Å²) >= 11 is 4.98. The molecule has 0 aliphatic rings. The lowest BCUT2D eigenvalue weighted by Gasteiger charge is -2.16. The molecule has 1 heterocycles. The van der Waals surface area contributed by atoms with Crippen LogP contribution in [0, 0.1) is 0 Å². The summed E-state index contributed by atoms with van der Waals surface area (Å²) in [6.45, 7) is 0.498. The molecule has 0 aliphatic carbocycles. The summed E-state index contributed by atoms with van der Waals surface area (Å²) in [4.78, 5) is 18.4. The van der Waals surface area contributed by atoms with Gasteiger partial charge in [-0.15, -0.1) is 11.3 Å². The van der Waals surface area contributed by atoms with Crippen LogP contribution < -0.4 is 4.74 Å². The van der Waals surface area contributed by atoms with E-state index in [4.69, 9.17) is 4.74 Å². The maximum absolute atomic E-state index is 12.2. The molecule has 4 nitrogen and oxygen atoms in total. The Bertz CT molecular complexity index is 801. The fourth-order valence-corrected chi connectivity index (χ4v) is 3.49. The van der Waals surface area contributed by atoms with Crippen LogP contribution in [0.25, 0.3) is 10.2 Å². The molecule has 2 aromatic carbocycles. The van der Waals surface area contributed by atoms with E-state index in [1.165, 1.54) is 0 Å². The van der Waals surface area contributed by atoms with Crippen molar-refractivity contribution in [2.45, 2.75) is 6.54 Å². The SMILES string of the molecule is CN(Cc1nc2ccccc2s1)C(=O)COc1cccc(Br)c1. The monoisotopic (exact) mass is 390 g/mol. The molecular weight excluding hydrogens is 376 g/mol. The van der Waals surface area contributed by atoms with Gasteiger partial charge in [-0.05, 0) is 30.3 Å². The number of carbonyl (C=O) groups excluding carboxylic acids is 1. The fraction of sp³-hybridized carbons (Fsp3) is 0.176. The topological polar surface area (TPSA) is 42.4 Å². The second kappa shape index (κ2) is 7.10. The Morgan fingerprint density at radius 3 is 2.87 bits per heavy atom. The van der Waals surface area contributed by atoms with Crippen molar-refractivity contribution in [3.8, 4) is 5.75 Å². The van der Waals surface area contributed by atoms with E-state index in [-0.39, 0.29) is 12.5 Å². The van der Waals surface area contributed by atoms with Gasteiger partial charge in [0.1, 0.15) is 10.8 Å². The molecule has 118 valence electrons. The largest absolute Gasteiger partial charge is 0.484 e. The van der Waals surface area contributed by atoms with Crippen molar-refractivity contribution in [2.24, 2.45) is 0 Å². The second-order valence-corrected chi connectivity index (χ2v) is 7.10. The van der Waals surface area contributed by atoms with Gasteiger partial charge in [-0.2, -0.15) is 0 Å². The molecule has 1 amide bonds. The number of nitrogens with zero attached hydrogens (tertiary/aromatic N) is 2. The van der Waals surface area contributed by atoms with Gasteiger partial charge < -0.3 is 9.64 Å². The Labute approximate surface area is 146 Å². The molecule has 3 aromatic rings. The highest BCUT2D eigenvalue weighted by molar-refractivity contribution is 9.10. The number of amides is 1. The molecule has 3 rings (SSSR count). The second-order valence-electron chi connectivity index (χ2n) is 5.07. The first-order chi connectivity index (χ1) is 11.1. The number of hydrogen-bond donors (Lipinski definition) is 0. The average molecular weight is 391 g/mol. The number of hydrogen-bond acceptors (Lipinski definition) is 4. The van der Waals surface area contributed by atoms with Gasteiger partial charge in [0.2, 0.25) is 0 Å². The quantitative estimate of drug-likeness (QED) is 0.658. The lowest BCUT2D eigenvalue weighted by molar-refractivity contribution is -0.132. The van der Waals surface area contributed by atoms with Crippen molar-refractivity contribution in [1.82, 2.24) is 9.88 Å². The van der Waals surface area contributed by atoms with E-state index in [1.54, 1.807) is 23.3 Å². The van der Waals surface area contributed by atoms with Crippen LogP contribution in [0.3, 0.4) is 0 Å². The fourth-order valence-electron chi connectivity index (χ4n) is 2.09. The van der Waals surface area contributed by atoms with Crippen molar-refractivity contribution in [3.05, 3.63) is 58.0 Å². The molecule has 6 heteroatoms. The molecule has 0 unspecified atom stereocenters. The van der Waals surface area contributed by atoms with Crippen LogP contribution in [-0.2, 0) is 11.3 Å². The number of likely N-dealkylation sites (N-methyl/N-ethyl adjacent to an activating group) is 1. The molecule has 0 bridgehead atoms.